The van der Waals surface area contributed by atoms with Crippen LogP contribution in [0, 0.1) is 17.2 Å². The van der Waals surface area contributed by atoms with Crippen LogP contribution in [0.1, 0.15) is 28.9 Å². The van der Waals surface area contributed by atoms with E-state index in [0.717, 1.165) is 10.8 Å². The molecule has 0 unspecified atom stereocenters. The molecule has 3 heterocycles. The zero-order chi connectivity index (χ0) is 24.4. The van der Waals surface area contributed by atoms with Crippen LogP contribution in [-0.2, 0) is 9.53 Å². The minimum atomic E-state index is -0.511. The van der Waals surface area contributed by atoms with Crippen molar-refractivity contribution in [2.75, 3.05) is 30.4 Å². The number of anilines is 2. The molecule has 35 heavy (non-hydrogen) atoms. The number of oxazole rings is 1. The van der Waals surface area contributed by atoms with Gasteiger partial charge in [0.25, 0.3) is 5.89 Å². The Morgan fingerprint density at radius 3 is 2.54 bits per heavy atom. The van der Waals surface area contributed by atoms with E-state index in [1.54, 1.807) is 24.3 Å². The van der Waals surface area contributed by atoms with Crippen LogP contribution in [0.4, 0.5) is 11.6 Å². The Kier molecular flexibility index (Phi) is 5.94. The number of ether oxygens (including phenoxy) is 1. The second-order valence-corrected chi connectivity index (χ2v) is 8.25. The molecule has 0 aliphatic carbocycles. The molecule has 1 saturated heterocycles. The fourth-order valence-corrected chi connectivity index (χ4v) is 4.31. The van der Waals surface area contributed by atoms with Gasteiger partial charge in [0.1, 0.15) is 6.07 Å². The Morgan fingerprint density at radius 2 is 1.89 bits per heavy atom. The van der Waals surface area contributed by atoms with Crippen molar-refractivity contribution in [3.8, 4) is 17.7 Å². The number of furan rings is 1. The molecule has 9 nitrogen and oxygen atoms in total. The number of methoxy groups -OCH3 is 1. The van der Waals surface area contributed by atoms with E-state index in [1.165, 1.54) is 13.4 Å². The van der Waals surface area contributed by atoms with Gasteiger partial charge >= 0.3 is 5.97 Å². The molecule has 0 radical (unpaired) electrons. The Morgan fingerprint density at radius 1 is 1.14 bits per heavy atom. The molecule has 1 N–H and O–H groups in total. The molecule has 1 aliphatic heterocycles. The quantitative estimate of drug-likeness (QED) is 0.420. The Balaban J connectivity index is 1.30. The van der Waals surface area contributed by atoms with Crippen LogP contribution >= 0.6 is 0 Å². The highest BCUT2D eigenvalue weighted by Crippen LogP contribution is 2.32. The van der Waals surface area contributed by atoms with Gasteiger partial charge < -0.3 is 23.8 Å². The van der Waals surface area contributed by atoms with E-state index in [0.29, 0.717) is 48.8 Å². The van der Waals surface area contributed by atoms with Crippen molar-refractivity contribution in [3.05, 3.63) is 66.1 Å². The van der Waals surface area contributed by atoms with Crippen molar-refractivity contribution in [2.45, 2.75) is 12.8 Å². The summed E-state index contributed by atoms with van der Waals surface area (Å²) in [6.07, 6.45) is 2.61. The molecular weight excluding hydrogens is 448 g/mol. The number of benzene rings is 2. The monoisotopic (exact) mass is 470 g/mol. The van der Waals surface area contributed by atoms with Crippen LogP contribution in [0.25, 0.3) is 22.4 Å². The van der Waals surface area contributed by atoms with E-state index >= 15 is 0 Å². The molecule has 1 amide bonds. The first-order valence-corrected chi connectivity index (χ1v) is 11.2. The molecule has 5 rings (SSSR count). The lowest BCUT2D eigenvalue weighted by Gasteiger charge is -2.31. The summed E-state index contributed by atoms with van der Waals surface area (Å²) in [4.78, 5) is 31.6. The van der Waals surface area contributed by atoms with E-state index in [1.807, 2.05) is 29.2 Å². The van der Waals surface area contributed by atoms with Crippen LogP contribution in [0.5, 0.6) is 0 Å². The van der Waals surface area contributed by atoms with Gasteiger partial charge in [-0.05, 0) is 47.9 Å². The van der Waals surface area contributed by atoms with Crippen molar-refractivity contribution >= 4 is 34.2 Å². The number of amides is 1. The first kappa shape index (κ1) is 22.2. The van der Waals surface area contributed by atoms with Gasteiger partial charge in [-0.1, -0.05) is 24.3 Å². The smallest absolute Gasteiger partial charge is 0.339 e. The van der Waals surface area contributed by atoms with Crippen molar-refractivity contribution in [1.82, 2.24) is 4.98 Å². The maximum absolute atomic E-state index is 13.1. The lowest BCUT2D eigenvalue weighted by molar-refractivity contribution is -0.120. The Bertz CT molecular complexity index is 1430. The zero-order valence-corrected chi connectivity index (χ0v) is 19.0. The normalized spacial score (nSPS) is 14.0. The Labute approximate surface area is 200 Å². The number of hydrogen-bond acceptors (Lipinski definition) is 8. The average Bonchev–Trinajstić information content (AvgIpc) is 3.58. The molecule has 0 atom stereocenters. The van der Waals surface area contributed by atoms with Crippen LogP contribution < -0.4 is 10.2 Å². The fraction of sp³-hybridized carbons (Fsp3) is 0.231. The zero-order valence-electron chi connectivity index (χ0n) is 19.0. The summed E-state index contributed by atoms with van der Waals surface area (Å²) in [5.74, 6) is 0.121. The maximum atomic E-state index is 13.1. The second-order valence-electron chi connectivity index (χ2n) is 8.25. The molecular formula is C26H22N4O5. The number of carbonyl (C=O) groups excluding carboxylic acids is 2. The van der Waals surface area contributed by atoms with E-state index in [9.17, 15) is 14.9 Å². The van der Waals surface area contributed by atoms with Gasteiger partial charge in [-0.3, -0.25) is 4.79 Å². The topological polar surface area (TPSA) is 122 Å². The van der Waals surface area contributed by atoms with Crippen molar-refractivity contribution in [2.24, 2.45) is 5.92 Å². The molecule has 1 fully saturated rings. The van der Waals surface area contributed by atoms with Crippen molar-refractivity contribution in [3.63, 3.8) is 0 Å². The summed E-state index contributed by atoms with van der Waals surface area (Å²) < 4.78 is 16.1. The fourth-order valence-electron chi connectivity index (χ4n) is 4.31. The third-order valence-corrected chi connectivity index (χ3v) is 6.15. The number of rotatable bonds is 5. The van der Waals surface area contributed by atoms with Gasteiger partial charge in [0.05, 0.1) is 24.6 Å². The van der Waals surface area contributed by atoms with E-state index < -0.39 is 5.97 Å². The van der Waals surface area contributed by atoms with Crippen molar-refractivity contribution < 1.29 is 23.2 Å². The first-order chi connectivity index (χ1) is 17.1. The SMILES string of the molecule is COC(=O)c1cc2ccccc2cc1NC(=O)C1CCN(c2oc(-c3ccco3)nc2C#N)CC1. The third kappa shape index (κ3) is 4.34. The van der Waals surface area contributed by atoms with E-state index in [2.05, 4.69) is 16.4 Å². The summed E-state index contributed by atoms with van der Waals surface area (Å²) in [6.45, 7) is 1.03. The molecule has 9 heteroatoms. The van der Waals surface area contributed by atoms with Crippen molar-refractivity contribution in [1.29, 1.82) is 5.26 Å². The highest BCUT2D eigenvalue weighted by atomic mass is 16.5. The largest absolute Gasteiger partial charge is 0.465 e. The number of fused-ring (bicyclic) bond motifs is 1. The van der Waals surface area contributed by atoms with Gasteiger partial charge in [-0.25, -0.2) is 4.79 Å². The van der Waals surface area contributed by atoms with Crippen LogP contribution in [0.15, 0.2) is 63.6 Å². The van der Waals surface area contributed by atoms with Crippen LogP contribution in [-0.4, -0.2) is 37.1 Å². The lowest BCUT2D eigenvalue weighted by atomic mass is 9.95. The number of aromatic nitrogens is 1. The minimum absolute atomic E-state index is 0.167. The molecule has 176 valence electrons. The van der Waals surface area contributed by atoms with Gasteiger partial charge in [0, 0.05) is 19.0 Å². The predicted octanol–water partition coefficient (Wildman–Crippen LogP) is 4.60. The molecule has 4 aromatic rings. The lowest BCUT2D eigenvalue weighted by Crippen LogP contribution is -2.38. The van der Waals surface area contributed by atoms with Crippen LogP contribution in [0.3, 0.4) is 0 Å². The van der Waals surface area contributed by atoms with E-state index in [4.69, 9.17) is 13.6 Å². The van der Waals surface area contributed by atoms with Gasteiger partial charge in [0.15, 0.2) is 5.76 Å². The summed E-state index contributed by atoms with van der Waals surface area (Å²) in [5.41, 5.74) is 0.911. The predicted molar refractivity (Wildman–Crippen MR) is 128 cm³/mol. The van der Waals surface area contributed by atoms with Gasteiger partial charge in [0.2, 0.25) is 17.5 Å². The second kappa shape index (κ2) is 9.35. The number of carbonyl (C=O) groups is 2. The number of hydrogen-bond donors (Lipinski definition) is 1. The number of nitrogens with zero attached hydrogens (tertiary/aromatic N) is 3. The molecule has 1 aliphatic rings. The van der Waals surface area contributed by atoms with Gasteiger partial charge in [-0.15, -0.1) is 0 Å². The standard InChI is InChI=1S/C26H22N4O5/c1-33-26(32)19-13-17-5-2-3-6-18(17)14-20(19)28-23(31)16-8-10-30(11-9-16)25-21(15-27)29-24(35-25)22-7-4-12-34-22/h2-7,12-14,16H,8-11H2,1H3,(H,28,31). The molecule has 0 spiro atoms. The van der Waals surface area contributed by atoms with Crippen LogP contribution in [0.2, 0.25) is 0 Å². The maximum Gasteiger partial charge on any atom is 0.339 e. The Hall–Kier alpha value is -4.58. The summed E-state index contributed by atoms with van der Waals surface area (Å²) in [6, 6.07) is 16.6. The summed E-state index contributed by atoms with van der Waals surface area (Å²) >= 11 is 0. The minimum Gasteiger partial charge on any atom is -0.465 e. The molecule has 2 aromatic heterocycles. The third-order valence-electron chi connectivity index (χ3n) is 6.15. The highest BCUT2D eigenvalue weighted by Gasteiger charge is 2.30. The number of esters is 1. The molecule has 2 aromatic carbocycles. The molecule has 0 bridgehead atoms. The average molecular weight is 470 g/mol. The molecule has 0 saturated carbocycles. The van der Waals surface area contributed by atoms with E-state index in [-0.39, 0.29) is 23.4 Å². The first-order valence-electron chi connectivity index (χ1n) is 11.2. The highest BCUT2D eigenvalue weighted by molar-refractivity contribution is 6.06. The van der Waals surface area contributed by atoms with Gasteiger partial charge in [-0.2, -0.15) is 10.2 Å². The summed E-state index contributed by atoms with van der Waals surface area (Å²) in [7, 11) is 1.31. The number of nitrogens with one attached hydrogen (secondary N) is 1. The summed E-state index contributed by atoms with van der Waals surface area (Å²) in [5, 5.41) is 14.2. The number of piperidine rings is 1. The number of nitriles is 1.